The summed E-state index contributed by atoms with van der Waals surface area (Å²) in [6, 6.07) is 6.24. The number of hydrogen-bond acceptors (Lipinski definition) is 1. The fourth-order valence-corrected chi connectivity index (χ4v) is 1.25. The highest BCUT2D eigenvalue weighted by molar-refractivity contribution is 6.30. The van der Waals surface area contributed by atoms with E-state index in [0.717, 1.165) is 5.59 Å². The van der Waals surface area contributed by atoms with Crippen molar-refractivity contribution < 1.29 is 0 Å². The van der Waals surface area contributed by atoms with Gasteiger partial charge in [0.15, 0.2) is 7.85 Å². The Bertz CT molecular complexity index is 288. The Balaban J connectivity index is 2.96. The van der Waals surface area contributed by atoms with Gasteiger partial charge in [-0.1, -0.05) is 39.8 Å². The molecule has 0 aliphatic carbocycles. The van der Waals surface area contributed by atoms with E-state index < -0.39 is 0 Å². The van der Waals surface area contributed by atoms with Gasteiger partial charge in [-0.3, -0.25) is 4.98 Å². The second kappa shape index (κ2) is 3.53. The monoisotopic (exact) mass is 175 g/mol. The zero-order valence-electron chi connectivity index (χ0n) is 9.26. The van der Waals surface area contributed by atoms with E-state index in [9.17, 15) is 0 Å². The first-order chi connectivity index (χ1) is 5.91. The molecule has 2 heteroatoms. The molecule has 0 saturated carbocycles. The van der Waals surface area contributed by atoms with Gasteiger partial charge in [-0.15, -0.1) is 0 Å². The Morgan fingerprint density at radius 3 is 2.38 bits per heavy atom. The molecule has 0 bridgehead atoms. The van der Waals surface area contributed by atoms with E-state index in [4.69, 9.17) is 0 Å². The molecule has 0 amide bonds. The van der Waals surface area contributed by atoms with E-state index in [0.29, 0.717) is 11.3 Å². The van der Waals surface area contributed by atoms with Crippen molar-refractivity contribution in [1.82, 2.24) is 4.98 Å². The van der Waals surface area contributed by atoms with Crippen LogP contribution in [0.1, 0.15) is 39.3 Å². The molecule has 0 N–H and O–H groups in total. The molecule has 0 aromatic carbocycles. The topological polar surface area (TPSA) is 12.9 Å². The predicted molar refractivity (Wildman–Crippen MR) is 60.3 cm³/mol. The van der Waals surface area contributed by atoms with Gasteiger partial charge < -0.3 is 0 Å². The molecule has 1 atom stereocenters. The van der Waals surface area contributed by atoms with Crippen molar-refractivity contribution in [2.45, 2.75) is 33.6 Å². The summed E-state index contributed by atoms with van der Waals surface area (Å²) >= 11 is 0. The van der Waals surface area contributed by atoms with Crippen molar-refractivity contribution in [2.75, 3.05) is 0 Å². The summed E-state index contributed by atoms with van der Waals surface area (Å²) in [5.41, 5.74) is 2.60. The standard InChI is InChI=1S/C11H18BN/c1-8(11(2,3)4)9-6-5-7-10(12)13-9/h5-8H,12H2,1-4H3. The third-order valence-electron chi connectivity index (χ3n) is 2.65. The van der Waals surface area contributed by atoms with E-state index >= 15 is 0 Å². The van der Waals surface area contributed by atoms with Crippen molar-refractivity contribution in [3.8, 4) is 0 Å². The van der Waals surface area contributed by atoms with Crippen molar-refractivity contribution in [3.63, 3.8) is 0 Å². The lowest BCUT2D eigenvalue weighted by Gasteiger charge is -2.26. The van der Waals surface area contributed by atoms with Crippen LogP contribution in [0.4, 0.5) is 0 Å². The highest BCUT2D eigenvalue weighted by Crippen LogP contribution is 2.32. The van der Waals surface area contributed by atoms with Crippen LogP contribution in [0.2, 0.25) is 0 Å². The first kappa shape index (κ1) is 10.3. The Hall–Kier alpha value is -0.785. The molecular formula is C11H18BN. The second-order valence-electron chi connectivity index (χ2n) is 4.79. The SMILES string of the molecule is Bc1cccc(C(C)C(C)(C)C)n1. The first-order valence-corrected chi connectivity index (χ1v) is 4.85. The lowest BCUT2D eigenvalue weighted by molar-refractivity contribution is 0.334. The van der Waals surface area contributed by atoms with Gasteiger partial charge in [-0.2, -0.15) is 0 Å². The third kappa shape index (κ3) is 2.58. The Labute approximate surface area is 82.0 Å². The maximum atomic E-state index is 4.54. The number of nitrogens with zero attached hydrogens (tertiary/aromatic N) is 1. The Kier molecular flexibility index (Phi) is 2.79. The summed E-state index contributed by atoms with van der Waals surface area (Å²) in [6.45, 7) is 8.99. The van der Waals surface area contributed by atoms with Gasteiger partial charge in [0, 0.05) is 11.6 Å². The third-order valence-corrected chi connectivity index (χ3v) is 2.65. The van der Waals surface area contributed by atoms with Crippen molar-refractivity contribution in [1.29, 1.82) is 0 Å². The lowest BCUT2D eigenvalue weighted by Crippen LogP contribution is -2.19. The summed E-state index contributed by atoms with van der Waals surface area (Å²) in [4.78, 5) is 4.54. The van der Waals surface area contributed by atoms with Gasteiger partial charge in [0.1, 0.15) is 0 Å². The molecule has 1 rings (SSSR count). The number of aromatic nitrogens is 1. The molecule has 13 heavy (non-hydrogen) atoms. The van der Waals surface area contributed by atoms with E-state index in [1.165, 1.54) is 5.69 Å². The predicted octanol–water partition coefficient (Wildman–Crippen LogP) is 1.49. The summed E-state index contributed by atoms with van der Waals surface area (Å²) in [5, 5.41) is 0. The van der Waals surface area contributed by atoms with Gasteiger partial charge >= 0.3 is 0 Å². The zero-order valence-corrected chi connectivity index (χ0v) is 9.26. The van der Waals surface area contributed by atoms with Crippen molar-refractivity contribution in [2.24, 2.45) is 5.41 Å². The quantitative estimate of drug-likeness (QED) is 0.589. The number of pyridine rings is 1. The molecule has 0 aliphatic rings. The van der Waals surface area contributed by atoms with E-state index in [1.54, 1.807) is 0 Å². The molecule has 1 unspecified atom stereocenters. The van der Waals surface area contributed by atoms with Crippen LogP contribution < -0.4 is 5.59 Å². The van der Waals surface area contributed by atoms with E-state index in [2.05, 4.69) is 44.8 Å². The summed E-state index contributed by atoms with van der Waals surface area (Å²) in [5.74, 6) is 0.507. The van der Waals surface area contributed by atoms with Gasteiger partial charge in [0.25, 0.3) is 0 Å². The second-order valence-corrected chi connectivity index (χ2v) is 4.79. The molecule has 0 aliphatic heterocycles. The zero-order chi connectivity index (χ0) is 10.1. The van der Waals surface area contributed by atoms with Gasteiger partial charge in [-0.25, -0.2) is 0 Å². The maximum Gasteiger partial charge on any atom is 0.163 e. The van der Waals surface area contributed by atoms with Crippen LogP contribution in [-0.2, 0) is 0 Å². The number of hydrogen-bond donors (Lipinski definition) is 0. The highest BCUT2D eigenvalue weighted by Gasteiger charge is 2.22. The van der Waals surface area contributed by atoms with Crippen LogP contribution in [0.5, 0.6) is 0 Å². The molecule has 1 aromatic heterocycles. The van der Waals surface area contributed by atoms with Crippen LogP contribution >= 0.6 is 0 Å². The van der Waals surface area contributed by atoms with Crippen molar-refractivity contribution in [3.05, 3.63) is 23.9 Å². The molecule has 0 radical (unpaired) electrons. The van der Waals surface area contributed by atoms with Crippen LogP contribution in [-0.4, -0.2) is 12.8 Å². The maximum absolute atomic E-state index is 4.54. The van der Waals surface area contributed by atoms with Gasteiger partial charge in [0.05, 0.1) is 0 Å². The first-order valence-electron chi connectivity index (χ1n) is 4.85. The fraction of sp³-hybridized carbons (Fsp3) is 0.545. The largest absolute Gasteiger partial charge is 0.268 e. The summed E-state index contributed by atoms with van der Waals surface area (Å²) in [6.07, 6.45) is 0. The van der Waals surface area contributed by atoms with Crippen molar-refractivity contribution >= 4 is 13.4 Å². The molecule has 1 heterocycles. The normalized spacial score (nSPS) is 14.2. The Morgan fingerprint density at radius 1 is 1.31 bits per heavy atom. The lowest BCUT2D eigenvalue weighted by atomic mass is 9.79. The molecule has 0 saturated heterocycles. The molecule has 0 fully saturated rings. The van der Waals surface area contributed by atoms with Crippen LogP contribution in [0.25, 0.3) is 0 Å². The van der Waals surface area contributed by atoms with E-state index in [-0.39, 0.29) is 0 Å². The average Bonchev–Trinajstić information content (AvgIpc) is 2.01. The van der Waals surface area contributed by atoms with Gasteiger partial charge in [0.2, 0.25) is 0 Å². The van der Waals surface area contributed by atoms with E-state index in [1.807, 2.05) is 13.9 Å². The summed E-state index contributed by atoms with van der Waals surface area (Å²) in [7, 11) is 2.04. The van der Waals surface area contributed by atoms with Crippen LogP contribution in [0.3, 0.4) is 0 Å². The van der Waals surface area contributed by atoms with Gasteiger partial charge in [-0.05, 0) is 17.1 Å². The minimum atomic E-state index is 0.292. The molecule has 1 aromatic rings. The fourth-order valence-electron chi connectivity index (χ4n) is 1.25. The number of rotatable bonds is 1. The smallest absolute Gasteiger partial charge is 0.163 e. The highest BCUT2D eigenvalue weighted by atomic mass is 14.7. The average molecular weight is 175 g/mol. The minimum Gasteiger partial charge on any atom is -0.268 e. The van der Waals surface area contributed by atoms with Crippen LogP contribution in [0.15, 0.2) is 18.2 Å². The molecule has 1 nitrogen and oxygen atoms in total. The summed E-state index contributed by atoms with van der Waals surface area (Å²) < 4.78 is 0. The molecule has 0 spiro atoms. The molecular weight excluding hydrogens is 157 g/mol. The van der Waals surface area contributed by atoms with Crippen LogP contribution in [0, 0.1) is 5.41 Å². The Morgan fingerprint density at radius 2 is 1.92 bits per heavy atom. The minimum absolute atomic E-state index is 0.292. The molecule has 70 valence electrons.